The molecule has 0 saturated carbocycles. The smallest absolute Gasteiger partial charge is 0.257 e. The summed E-state index contributed by atoms with van der Waals surface area (Å²) in [5, 5.41) is 9.36. The lowest BCUT2D eigenvalue weighted by atomic mass is 9.98. The van der Waals surface area contributed by atoms with Gasteiger partial charge in [0.2, 0.25) is 5.91 Å². The van der Waals surface area contributed by atoms with Crippen molar-refractivity contribution in [2.45, 2.75) is 50.6 Å². The van der Waals surface area contributed by atoms with Gasteiger partial charge < -0.3 is 28.7 Å². The number of hydrogen-bond donors (Lipinski definition) is 0. The van der Waals surface area contributed by atoms with Crippen LogP contribution in [0, 0.1) is 17.2 Å². The van der Waals surface area contributed by atoms with Crippen LogP contribution in [0.2, 0.25) is 0 Å². The largest absolute Gasteiger partial charge is 0.490 e. The Balaban J connectivity index is 1.96. The number of carbonyl (C=O) groups is 2. The summed E-state index contributed by atoms with van der Waals surface area (Å²) in [4.78, 5) is 29.7. The minimum absolute atomic E-state index is 0.0233. The molecule has 5 atom stereocenters. The van der Waals surface area contributed by atoms with Gasteiger partial charge in [-0.1, -0.05) is 6.92 Å². The Morgan fingerprint density at radius 2 is 1.79 bits per heavy atom. The van der Waals surface area contributed by atoms with Crippen molar-refractivity contribution in [1.29, 1.82) is 5.26 Å². The number of rotatable bonds is 2. The highest BCUT2D eigenvalue weighted by Gasteiger charge is 2.34. The SMILES string of the molecule is CO[C@H]1CC[C@@H]2CCN(C)C(=O)[C@@H](C)[C@H](OC)CN(C)C(=O)c3cc(C#N)ccc3OC[C@@H]1O2. The second-order valence-corrected chi connectivity index (χ2v) is 9.08. The van der Waals surface area contributed by atoms with E-state index in [4.69, 9.17) is 18.9 Å². The molecule has 2 bridgehead atoms. The van der Waals surface area contributed by atoms with E-state index in [2.05, 4.69) is 6.07 Å². The van der Waals surface area contributed by atoms with Crippen LogP contribution in [0.4, 0.5) is 0 Å². The van der Waals surface area contributed by atoms with E-state index in [9.17, 15) is 14.9 Å². The maximum Gasteiger partial charge on any atom is 0.257 e. The molecule has 2 amide bonds. The Bertz CT molecular complexity index is 916. The summed E-state index contributed by atoms with van der Waals surface area (Å²) >= 11 is 0. The Labute approximate surface area is 201 Å². The second-order valence-electron chi connectivity index (χ2n) is 9.08. The van der Waals surface area contributed by atoms with Crippen LogP contribution in [-0.2, 0) is 19.0 Å². The Hall–Kier alpha value is -2.67. The summed E-state index contributed by atoms with van der Waals surface area (Å²) in [7, 11) is 6.62. The summed E-state index contributed by atoms with van der Waals surface area (Å²) in [5.41, 5.74) is 0.636. The zero-order chi connectivity index (χ0) is 24.8. The molecule has 0 radical (unpaired) electrons. The zero-order valence-corrected chi connectivity index (χ0v) is 20.7. The molecule has 186 valence electrons. The Morgan fingerprint density at radius 3 is 2.47 bits per heavy atom. The molecule has 1 aromatic rings. The fourth-order valence-corrected chi connectivity index (χ4v) is 4.58. The van der Waals surface area contributed by atoms with Gasteiger partial charge in [-0.3, -0.25) is 9.59 Å². The lowest BCUT2D eigenvalue weighted by Crippen LogP contribution is -2.47. The van der Waals surface area contributed by atoms with Crippen molar-refractivity contribution >= 4 is 11.8 Å². The van der Waals surface area contributed by atoms with Gasteiger partial charge in [0.1, 0.15) is 18.5 Å². The number of nitriles is 1. The normalized spacial score (nSPS) is 29.2. The van der Waals surface area contributed by atoms with Crippen molar-refractivity contribution in [1.82, 2.24) is 9.80 Å². The molecule has 2 aliphatic rings. The Kier molecular flexibility index (Phi) is 8.89. The number of likely N-dealkylation sites (N-methyl/N-ethyl adjacent to an activating group) is 1. The number of hydrogen-bond acceptors (Lipinski definition) is 7. The van der Waals surface area contributed by atoms with Gasteiger partial charge in [-0.05, 0) is 37.5 Å². The molecule has 1 aromatic carbocycles. The van der Waals surface area contributed by atoms with Gasteiger partial charge in [-0.15, -0.1) is 0 Å². The standard InChI is InChI=1S/C25H35N3O6/c1-16-22(32-5)14-28(3)25(30)19-12-17(13-26)6-8-20(19)33-15-23-21(31-4)9-7-18(34-23)10-11-27(2)24(16)29/h6,8,12,16,18,21-23H,7,9-11,14-15H2,1-5H3/t16-,18+,21-,22+,23-/m0/s1. The molecule has 2 aliphatic heterocycles. The number of carbonyl (C=O) groups excluding carboxylic acids is 2. The fourth-order valence-electron chi connectivity index (χ4n) is 4.58. The van der Waals surface area contributed by atoms with Gasteiger partial charge >= 0.3 is 0 Å². The molecule has 1 saturated heterocycles. The van der Waals surface area contributed by atoms with Gasteiger partial charge in [0.05, 0.1) is 41.4 Å². The molecule has 2 heterocycles. The summed E-state index contributed by atoms with van der Waals surface area (Å²) in [6.07, 6.45) is 1.40. The van der Waals surface area contributed by atoms with E-state index in [1.54, 1.807) is 38.2 Å². The summed E-state index contributed by atoms with van der Waals surface area (Å²) in [6.45, 7) is 2.80. The van der Waals surface area contributed by atoms with Crippen LogP contribution in [-0.4, -0.2) is 94.0 Å². The van der Waals surface area contributed by atoms with Crippen LogP contribution in [0.5, 0.6) is 5.75 Å². The lowest BCUT2D eigenvalue weighted by Gasteiger charge is -2.37. The van der Waals surface area contributed by atoms with Crippen molar-refractivity contribution in [2.24, 2.45) is 5.92 Å². The predicted molar refractivity (Wildman–Crippen MR) is 125 cm³/mol. The molecular weight excluding hydrogens is 438 g/mol. The monoisotopic (exact) mass is 473 g/mol. The first-order valence-corrected chi connectivity index (χ1v) is 11.7. The van der Waals surface area contributed by atoms with Crippen LogP contribution in [0.25, 0.3) is 0 Å². The second kappa shape index (κ2) is 11.6. The average molecular weight is 474 g/mol. The van der Waals surface area contributed by atoms with Crippen molar-refractivity contribution in [3.05, 3.63) is 29.3 Å². The van der Waals surface area contributed by atoms with Gasteiger partial charge in [-0.2, -0.15) is 5.26 Å². The Morgan fingerprint density at radius 1 is 1.06 bits per heavy atom. The molecular formula is C25H35N3O6. The minimum Gasteiger partial charge on any atom is -0.490 e. The topological polar surface area (TPSA) is 101 Å². The summed E-state index contributed by atoms with van der Waals surface area (Å²) in [6, 6.07) is 6.86. The number of fused-ring (bicyclic) bond motifs is 3. The predicted octanol–water partition coefficient (Wildman–Crippen LogP) is 2.08. The third kappa shape index (κ3) is 5.87. The molecule has 0 N–H and O–H groups in total. The molecule has 9 heteroatoms. The average Bonchev–Trinajstić information content (AvgIpc) is 2.86. The molecule has 1 fully saturated rings. The van der Waals surface area contributed by atoms with E-state index in [0.717, 1.165) is 12.8 Å². The van der Waals surface area contributed by atoms with Crippen molar-refractivity contribution in [3.63, 3.8) is 0 Å². The first-order valence-electron chi connectivity index (χ1n) is 11.7. The van der Waals surface area contributed by atoms with Crippen LogP contribution < -0.4 is 4.74 Å². The van der Waals surface area contributed by atoms with Gasteiger partial charge in [0.25, 0.3) is 5.91 Å². The molecule has 0 aromatic heterocycles. The quantitative estimate of drug-likeness (QED) is 0.648. The van der Waals surface area contributed by atoms with Crippen LogP contribution in [0.3, 0.4) is 0 Å². The van der Waals surface area contributed by atoms with Gasteiger partial charge in [0.15, 0.2) is 0 Å². The van der Waals surface area contributed by atoms with E-state index in [1.165, 1.54) is 18.1 Å². The first kappa shape index (κ1) is 25.9. The van der Waals surface area contributed by atoms with E-state index in [-0.39, 0.29) is 48.8 Å². The first-order chi connectivity index (χ1) is 16.3. The van der Waals surface area contributed by atoms with Crippen LogP contribution in [0.15, 0.2) is 18.2 Å². The molecule has 0 aliphatic carbocycles. The van der Waals surface area contributed by atoms with Crippen molar-refractivity contribution < 1.29 is 28.5 Å². The molecule has 0 spiro atoms. The maximum atomic E-state index is 13.4. The summed E-state index contributed by atoms with van der Waals surface area (Å²) in [5.74, 6) is -0.434. The van der Waals surface area contributed by atoms with Gasteiger partial charge in [0, 0.05) is 41.4 Å². The lowest BCUT2D eigenvalue weighted by molar-refractivity contribution is -0.147. The zero-order valence-electron chi connectivity index (χ0n) is 20.7. The number of amides is 2. The molecule has 34 heavy (non-hydrogen) atoms. The highest BCUT2D eigenvalue weighted by Crippen LogP contribution is 2.28. The van der Waals surface area contributed by atoms with E-state index in [1.807, 2.05) is 6.92 Å². The number of nitrogens with zero attached hydrogens (tertiary/aromatic N) is 3. The highest BCUT2D eigenvalue weighted by molar-refractivity contribution is 5.97. The third-order valence-corrected chi connectivity index (χ3v) is 6.81. The molecule has 9 nitrogen and oxygen atoms in total. The number of ether oxygens (including phenoxy) is 4. The number of benzene rings is 1. The van der Waals surface area contributed by atoms with Crippen LogP contribution >= 0.6 is 0 Å². The van der Waals surface area contributed by atoms with Gasteiger partial charge in [-0.25, -0.2) is 0 Å². The summed E-state index contributed by atoms with van der Waals surface area (Å²) < 4.78 is 23.6. The molecule has 3 rings (SSSR count). The van der Waals surface area contributed by atoms with Crippen molar-refractivity contribution in [2.75, 3.05) is 48.0 Å². The van der Waals surface area contributed by atoms with E-state index in [0.29, 0.717) is 24.3 Å². The van der Waals surface area contributed by atoms with Crippen LogP contribution in [0.1, 0.15) is 42.1 Å². The molecule has 0 unspecified atom stereocenters. The minimum atomic E-state index is -0.488. The number of methoxy groups -OCH3 is 2. The maximum absolute atomic E-state index is 13.4. The van der Waals surface area contributed by atoms with E-state index < -0.39 is 12.0 Å². The highest BCUT2D eigenvalue weighted by atomic mass is 16.6. The van der Waals surface area contributed by atoms with E-state index >= 15 is 0 Å². The van der Waals surface area contributed by atoms with Crippen molar-refractivity contribution in [3.8, 4) is 11.8 Å². The third-order valence-electron chi connectivity index (χ3n) is 6.81. The fraction of sp³-hybridized carbons (Fsp3) is 0.640.